The van der Waals surface area contributed by atoms with E-state index in [1.54, 1.807) is 16.0 Å². The van der Waals surface area contributed by atoms with Crippen LogP contribution in [0.3, 0.4) is 0 Å². The van der Waals surface area contributed by atoms with Gasteiger partial charge in [-0.1, -0.05) is 24.6 Å². The quantitative estimate of drug-likeness (QED) is 0.551. The summed E-state index contributed by atoms with van der Waals surface area (Å²) in [6, 6.07) is 14.7. The molecule has 6 heteroatoms. The number of thiophene rings is 1. The first-order valence-corrected chi connectivity index (χ1v) is 11.7. The van der Waals surface area contributed by atoms with Crippen LogP contribution < -0.4 is 5.32 Å². The number of nitrogens with one attached hydrogen (secondary N) is 1. The van der Waals surface area contributed by atoms with Gasteiger partial charge < -0.3 is 10.2 Å². The molecule has 1 fully saturated rings. The summed E-state index contributed by atoms with van der Waals surface area (Å²) in [6.45, 7) is 7.26. The highest BCUT2D eigenvalue weighted by molar-refractivity contribution is 7.13. The molecule has 0 saturated carbocycles. The van der Waals surface area contributed by atoms with Crippen molar-refractivity contribution in [3.63, 3.8) is 0 Å². The predicted molar refractivity (Wildman–Crippen MR) is 123 cm³/mol. The van der Waals surface area contributed by atoms with Crippen LogP contribution in [0.1, 0.15) is 48.7 Å². The Labute approximate surface area is 182 Å². The summed E-state index contributed by atoms with van der Waals surface area (Å²) in [5.74, 6) is -0.0708. The molecule has 0 spiro atoms. The van der Waals surface area contributed by atoms with E-state index >= 15 is 0 Å². The minimum atomic E-state index is -0.0708. The summed E-state index contributed by atoms with van der Waals surface area (Å²) in [5.41, 5.74) is 3.46. The van der Waals surface area contributed by atoms with Gasteiger partial charge in [0.25, 0.3) is 5.91 Å². The van der Waals surface area contributed by atoms with Gasteiger partial charge in [0.2, 0.25) is 0 Å². The molecule has 0 radical (unpaired) electrons. The van der Waals surface area contributed by atoms with Gasteiger partial charge in [-0.3, -0.25) is 4.79 Å². The second-order valence-corrected chi connectivity index (χ2v) is 9.08. The topological polar surface area (TPSA) is 50.2 Å². The normalized spacial score (nSPS) is 17.2. The van der Waals surface area contributed by atoms with Crippen LogP contribution in [-0.4, -0.2) is 46.3 Å². The van der Waals surface area contributed by atoms with Crippen molar-refractivity contribution in [3.8, 4) is 16.3 Å². The van der Waals surface area contributed by atoms with E-state index < -0.39 is 0 Å². The third-order valence-corrected chi connectivity index (χ3v) is 6.70. The van der Waals surface area contributed by atoms with E-state index in [1.807, 2.05) is 35.7 Å². The lowest BCUT2D eigenvalue weighted by molar-refractivity contribution is 0.0941. The number of carbonyl (C=O) groups excluding carboxylic acids is 1. The number of amides is 1. The van der Waals surface area contributed by atoms with Crippen molar-refractivity contribution in [2.75, 3.05) is 19.6 Å². The van der Waals surface area contributed by atoms with E-state index in [0.29, 0.717) is 18.3 Å². The van der Waals surface area contributed by atoms with Gasteiger partial charge in [0, 0.05) is 19.1 Å². The van der Waals surface area contributed by atoms with Crippen molar-refractivity contribution in [2.24, 2.45) is 0 Å². The van der Waals surface area contributed by atoms with E-state index in [-0.39, 0.29) is 5.91 Å². The van der Waals surface area contributed by atoms with E-state index in [0.717, 1.165) is 34.8 Å². The number of aromatic nitrogens is 2. The van der Waals surface area contributed by atoms with Gasteiger partial charge in [-0.15, -0.1) is 11.3 Å². The Kier molecular flexibility index (Phi) is 6.65. The summed E-state index contributed by atoms with van der Waals surface area (Å²) in [7, 11) is 0. The van der Waals surface area contributed by atoms with Crippen LogP contribution in [0.25, 0.3) is 16.3 Å². The van der Waals surface area contributed by atoms with Crippen molar-refractivity contribution in [1.29, 1.82) is 0 Å². The van der Waals surface area contributed by atoms with Crippen molar-refractivity contribution in [1.82, 2.24) is 20.0 Å². The first kappa shape index (κ1) is 20.8. The average Bonchev–Trinajstić information content (AvgIpc) is 3.42. The van der Waals surface area contributed by atoms with Crippen molar-refractivity contribution in [3.05, 3.63) is 59.1 Å². The first-order chi connectivity index (χ1) is 14.6. The molecule has 1 N–H and O–H groups in total. The van der Waals surface area contributed by atoms with Gasteiger partial charge in [0.1, 0.15) is 11.4 Å². The molecular formula is C24H30N4OS. The van der Waals surface area contributed by atoms with Gasteiger partial charge >= 0.3 is 0 Å². The van der Waals surface area contributed by atoms with E-state index in [4.69, 9.17) is 5.10 Å². The molecular weight excluding hydrogens is 392 g/mol. The standard InChI is InChI=1S/C24H30N4OS/c1-18-8-5-10-20(16-18)28-22(17-21(26-28)23-11-6-15-30-23)24(29)25-12-7-14-27-13-4-3-9-19(27)2/h5-6,8,10-11,15-17,19H,3-4,7,9,12-14H2,1-2H3,(H,25,29)/t19-/m0/s1. The maximum Gasteiger partial charge on any atom is 0.270 e. The van der Waals surface area contributed by atoms with Crippen LogP contribution in [0.5, 0.6) is 0 Å². The number of hydrogen-bond donors (Lipinski definition) is 1. The third kappa shape index (κ3) is 4.82. The van der Waals surface area contributed by atoms with Crippen LogP contribution in [0.2, 0.25) is 0 Å². The Balaban J connectivity index is 1.47. The Morgan fingerprint density at radius 1 is 1.23 bits per heavy atom. The van der Waals surface area contributed by atoms with E-state index in [9.17, 15) is 4.79 Å². The van der Waals surface area contributed by atoms with Crippen LogP contribution in [0.4, 0.5) is 0 Å². The van der Waals surface area contributed by atoms with Crippen molar-refractivity contribution < 1.29 is 4.79 Å². The Hall–Kier alpha value is -2.44. The maximum atomic E-state index is 13.0. The van der Waals surface area contributed by atoms with Crippen LogP contribution in [0.15, 0.2) is 47.8 Å². The lowest BCUT2D eigenvalue weighted by Crippen LogP contribution is -2.39. The molecule has 1 aliphatic rings. The third-order valence-electron chi connectivity index (χ3n) is 5.81. The average molecular weight is 423 g/mol. The molecule has 4 rings (SSSR count). The fourth-order valence-corrected chi connectivity index (χ4v) is 4.79. The molecule has 3 aromatic rings. The molecule has 30 heavy (non-hydrogen) atoms. The summed E-state index contributed by atoms with van der Waals surface area (Å²) in [4.78, 5) is 16.6. The molecule has 1 aliphatic heterocycles. The highest BCUT2D eigenvalue weighted by Gasteiger charge is 2.19. The molecule has 1 saturated heterocycles. The number of benzene rings is 1. The van der Waals surface area contributed by atoms with Gasteiger partial charge in [-0.25, -0.2) is 4.68 Å². The zero-order valence-corrected chi connectivity index (χ0v) is 18.6. The van der Waals surface area contributed by atoms with Crippen molar-refractivity contribution in [2.45, 2.75) is 45.6 Å². The molecule has 0 bridgehead atoms. The van der Waals surface area contributed by atoms with Gasteiger partial charge in [0.15, 0.2) is 0 Å². The SMILES string of the molecule is Cc1cccc(-n2nc(-c3cccs3)cc2C(=O)NCCCN2CCCC[C@@H]2C)c1. The number of rotatable bonds is 7. The monoisotopic (exact) mass is 422 g/mol. The van der Waals surface area contributed by atoms with Crippen LogP contribution in [-0.2, 0) is 0 Å². The second kappa shape index (κ2) is 9.58. The predicted octanol–water partition coefficient (Wildman–Crippen LogP) is 4.90. The number of carbonyl (C=O) groups is 1. The highest BCUT2D eigenvalue weighted by Crippen LogP contribution is 2.26. The lowest BCUT2D eigenvalue weighted by Gasteiger charge is -2.33. The zero-order chi connectivity index (χ0) is 20.9. The summed E-state index contributed by atoms with van der Waals surface area (Å²) in [6.07, 6.45) is 4.88. The molecule has 3 heterocycles. The van der Waals surface area contributed by atoms with Gasteiger partial charge in [-0.2, -0.15) is 5.10 Å². The summed E-state index contributed by atoms with van der Waals surface area (Å²) < 4.78 is 1.77. The number of hydrogen-bond acceptors (Lipinski definition) is 4. The zero-order valence-electron chi connectivity index (χ0n) is 17.8. The first-order valence-electron chi connectivity index (χ1n) is 10.8. The van der Waals surface area contributed by atoms with Crippen LogP contribution >= 0.6 is 11.3 Å². The summed E-state index contributed by atoms with van der Waals surface area (Å²) in [5, 5.41) is 9.90. The number of aryl methyl sites for hydroxylation is 1. The van der Waals surface area contributed by atoms with Crippen LogP contribution in [0, 0.1) is 6.92 Å². The molecule has 1 aromatic carbocycles. The molecule has 0 unspecified atom stereocenters. The van der Waals surface area contributed by atoms with Gasteiger partial charge in [-0.05, 0) is 74.9 Å². The molecule has 1 atom stereocenters. The maximum absolute atomic E-state index is 13.0. The molecule has 158 valence electrons. The Morgan fingerprint density at radius 2 is 2.13 bits per heavy atom. The molecule has 5 nitrogen and oxygen atoms in total. The summed E-state index contributed by atoms with van der Waals surface area (Å²) >= 11 is 1.63. The fourth-order valence-electron chi connectivity index (χ4n) is 4.11. The Morgan fingerprint density at radius 3 is 2.90 bits per heavy atom. The largest absolute Gasteiger partial charge is 0.351 e. The second-order valence-electron chi connectivity index (χ2n) is 8.13. The Bertz CT molecular complexity index is 979. The van der Waals surface area contributed by atoms with E-state index in [2.05, 4.69) is 36.2 Å². The van der Waals surface area contributed by atoms with Gasteiger partial charge in [0.05, 0.1) is 10.6 Å². The molecule has 2 aromatic heterocycles. The molecule has 1 amide bonds. The minimum Gasteiger partial charge on any atom is -0.351 e. The highest BCUT2D eigenvalue weighted by atomic mass is 32.1. The van der Waals surface area contributed by atoms with Crippen molar-refractivity contribution >= 4 is 17.2 Å². The lowest BCUT2D eigenvalue weighted by atomic mass is 10.0. The molecule has 0 aliphatic carbocycles. The number of piperidine rings is 1. The fraction of sp³-hybridized carbons (Fsp3) is 0.417. The number of nitrogens with zero attached hydrogens (tertiary/aromatic N) is 3. The minimum absolute atomic E-state index is 0.0708. The van der Waals surface area contributed by atoms with E-state index in [1.165, 1.54) is 25.8 Å². The number of likely N-dealkylation sites (tertiary alicyclic amines) is 1. The smallest absolute Gasteiger partial charge is 0.270 e.